The van der Waals surface area contributed by atoms with E-state index in [1.165, 1.54) is 0 Å². The van der Waals surface area contributed by atoms with Crippen molar-refractivity contribution in [3.05, 3.63) is 29.3 Å². The zero-order chi connectivity index (χ0) is 12.7. The van der Waals surface area contributed by atoms with Crippen LogP contribution >= 0.6 is 0 Å². The Morgan fingerprint density at radius 2 is 2.06 bits per heavy atom. The molecule has 1 aliphatic carbocycles. The molecule has 0 aromatic heterocycles. The van der Waals surface area contributed by atoms with Crippen molar-refractivity contribution in [2.45, 2.75) is 37.8 Å². The van der Waals surface area contributed by atoms with Gasteiger partial charge in [0.1, 0.15) is 11.4 Å². The second kappa shape index (κ2) is 3.98. The largest absolute Gasteiger partial charge is 0.496 e. The van der Waals surface area contributed by atoms with Crippen LogP contribution in [-0.2, 0) is 11.1 Å². The maximum atomic E-state index is 14.0. The van der Waals surface area contributed by atoms with Gasteiger partial charge in [-0.3, -0.25) is 0 Å². The Kier molecular flexibility index (Phi) is 2.90. The lowest BCUT2D eigenvalue weighted by atomic mass is 9.90. The van der Waals surface area contributed by atoms with Crippen LogP contribution in [0.3, 0.4) is 0 Å². The van der Waals surface area contributed by atoms with Crippen molar-refractivity contribution in [1.82, 2.24) is 0 Å². The fourth-order valence-corrected chi connectivity index (χ4v) is 2.23. The van der Waals surface area contributed by atoms with Crippen molar-refractivity contribution >= 4 is 0 Å². The predicted octanol–water partition coefficient (Wildman–Crippen LogP) is 2.89. The van der Waals surface area contributed by atoms with E-state index in [2.05, 4.69) is 0 Å². The molecular weight excluding hydrogens is 217 g/mol. The Morgan fingerprint density at radius 3 is 2.47 bits per heavy atom. The zero-order valence-corrected chi connectivity index (χ0v) is 10.7. The van der Waals surface area contributed by atoms with Gasteiger partial charge in [0, 0.05) is 17.5 Å². The quantitative estimate of drug-likeness (QED) is 0.874. The van der Waals surface area contributed by atoms with Crippen molar-refractivity contribution in [3.63, 3.8) is 0 Å². The van der Waals surface area contributed by atoms with E-state index in [-0.39, 0.29) is 5.41 Å². The highest BCUT2D eigenvalue weighted by Crippen LogP contribution is 2.51. The van der Waals surface area contributed by atoms with E-state index in [1.54, 1.807) is 27.0 Å². The maximum Gasteiger partial charge on any atom is 0.130 e. The molecule has 1 aromatic rings. The Bertz CT molecular complexity index is 419. The monoisotopic (exact) mass is 237 g/mol. The SMILES string of the molecule is COc1ccc(C(C)(C)F)cc1C1(CN)CC1. The number of hydrogen-bond donors (Lipinski definition) is 1. The van der Waals surface area contributed by atoms with Crippen LogP contribution in [0.2, 0.25) is 0 Å². The second-order valence-corrected chi connectivity index (χ2v) is 5.37. The smallest absolute Gasteiger partial charge is 0.130 e. The van der Waals surface area contributed by atoms with Gasteiger partial charge in [0.15, 0.2) is 0 Å². The summed E-state index contributed by atoms with van der Waals surface area (Å²) in [6.07, 6.45) is 2.13. The summed E-state index contributed by atoms with van der Waals surface area (Å²) >= 11 is 0. The van der Waals surface area contributed by atoms with E-state index in [0.29, 0.717) is 12.1 Å². The predicted molar refractivity (Wildman–Crippen MR) is 67.1 cm³/mol. The number of alkyl halides is 1. The molecule has 0 radical (unpaired) electrons. The first-order valence-electron chi connectivity index (χ1n) is 6.01. The Labute approximate surface area is 102 Å². The molecule has 1 saturated carbocycles. The molecule has 1 fully saturated rings. The van der Waals surface area contributed by atoms with E-state index in [1.807, 2.05) is 12.1 Å². The zero-order valence-electron chi connectivity index (χ0n) is 10.7. The normalized spacial score (nSPS) is 17.9. The van der Waals surface area contributed by atoms with Crippen LogP contribution in [0.4, 0.5) is 4.39 Å². The molecule has 0 amide bonds. The van der Waals surface area contributed by atoms with Crippen molar-refractivity contribution in [2.75, 3.05) is 13.7 Å². The molecule has 2 rings (SSSR count). The van der Waals surface area contributed by atoms with Crippen LogP contribution in [0.15, 0.2) is 18.2 Å². The third kappa shape index (κ3) is 2.16. The summed E-state index contributed by atoms with van der Waals surface area (Å²) in [6.45, 7) is 3.74. The lowest BCUT2D eigenvalue weighted by Gasteiger charge is -2.21. The lowest BCUT2D eigenvalue weighted by Crippen LogP contribution is -2.21. The first-order valence-corrected chi connectivity index (χ1v) is 6.01. The van der Waals surface area contributed by atoms with Crippen molar-refractivity contribution < 1.29 is 9.13 Å². The van der Waals surface area contributed by atoms with Crippen LogP contribution < -0.4 is 10.5 Å². The van der Waals surface area contributed by atoms with Gasteiger partial charge < -0.3 is 10.5 Å². The molecule has 0 saturated heterocycles. The fraction of sp³-hybridized carbons (Fsp3) is 0.571. The molecule has 0 unspecified atom stereocenters. The van der Waals surface area contributed by atoms with E-state index in [4.69, 9.17) is 10.5 Å². The highest BCUT2D eigenvalue weighted by molar-refractivity contribution is 5.47. The van der Waals surface area contributed by atoms with Crippen LogP contribution in [0.1, 0.15) is 37.8 Å². The summed E-state index contributed by atoms with van der Waals surface area (Å²) in [5.74, 6) is 0.820. The van der Waals surface area contributed by atoms with E-state index < -0.39 is 5.67 Å². The molecule has 1 aliphatic rings. The van der Waals surface area contributed by atoms with Gasteiger partial charge >= 0.3 is 0 Å². The minimum atomic E-state index is -1.33. The van der Waals surface area contributed by atoms with E-state index >= 15 is 0 Å². The van der Waals surface area contributed by atoms with Gasteiger partial charge in [-0.05, 0) is 44.4 Å². The summed E-state index contributed by atoms with van der Waals surface area (Å²) in [5, 5.41) is 0. The standard InChI is InChI=1S/C14H20FNO/c1-13(2,15)10-4-5-12(17-3)11(8-10)14(9-16)6-7-14/h4-5,8H,6-7,9,16H2,1-3H3. The van der Waals surface area contributed by atoms with Gasteiger partial charge in [0.05, 0.1) is 7.11 Å². The first-order chi connectivity index (χ1) is 7.93. The topological polar surface area (TPSA) is 35.2 Å². The minimum Gasteiger partial charge on any atom is -0.496 e. The highest BCUT2D eigenvalue weighted by Gasteiger charge is 2.45. The molecule has 94 valence electrons. The molecule has 0 aliphatic heterocycles. The number of ether oxygens (including phenoxy) is 1. The lowest BCUT2D eigenvalue weighted by molar-refractivity contribution is 0.221. The maximum absolute atomic E-state index is 14.0. The van der Waals surface area contributed by atoms with Gasteiger partial charge in [-0.15, -0.1) is 0 Å². The Hall–Kier alpha value is -1.09. The summed E-state index contributed by atoms with van der Waals surface area (Å²) in [5.41, 5.74) is 6.28. The number of benzene rings is 1. The molecule has 0 spiro atoms. The van der Waals surface area contributed by atoms with Gasteiger partial charge in [-0.2, -0.15) is 0 Å². The summed E-state index contributed by atoms with van der Waals surface area (Å²) in [4.78, 5) is 0. The molecule has 2 nitrogen and oxygen atoms in total. The number of rotatable bonds is 4. The summed E-state index contributed by atoms with van der Waals surface area (Å²) in [7, 11) is 1.64. The van der Waals surface area contributed by atoms with Crippen LogP contribution in [-0.4, -0.2) is 13.7 Å². The van der Waals surface area contributed by atoms with Crippen LogP contribution in [0.25, 0.3) is 0 Å². The summed E-state index contributed by atoms with van der Waals surface area (Å²) < 4.78 is 19.3. The number of methoxy groups -OCH3 is 1. The average Bonchev–Trinajstić information content (AvgIpc) is 3.08. The number of hydrogen-bond acceptors (Lipinski definition) is 2. The van der Waals surface area contributed by atoms with Gasteiger partial charge in [0.25, 0.3) is 0 Å². The Balaban J connectivity index is 2.48. The molecule has 3 heteroatoms. The van der Waals surface area contributed by atoms with Crippen LogP contribution in [0.5, 0.6) is 5.75 Å². The highest BCUT2D eigenvalue weighted by atomic mass is 19.1. The third-order valence-corrected chi connectivity index (χ3v) is 3.70. The first kappa shape index (κ1) is 12.4. The number of nitrogens with two attached hydrogens (primary N) is 1. The second-order valence-electron chi connectivity index (χ2n) is 5.37. The van der Waals surface area contributed by atoms with Crippen molar-refractivity contribution in [2.24, 2.45) is 5.73 Å². The van der Waals surface area contributed by atoms with Gasteiger partial charge in [-0.1, -0.05) is 6.07 Å². The van der Waals surface area contributed by atoms with Gasteiger partial charge in [0.2, 0.25) is 0 Å². The molecule has 0 bridgehead atoms. The molecule has 17 heavy (non-hydrogen) atoms. The summed E-state index contributed by atoms with van der Waals surface area (Å²) in [6, 6.07) is 5.55. The molecule has 0 atom stereocenters. The fourth-order valence-electron chi connectivity index (χ4n) is 2.23. The molecular formula is C14H20FNO. The Morgan fingerprint density at radius 1 is 1.41 bits per heavy atom. The number of halogens is 1. The van der Waals surface area contributed by atoms with Gasteiger partial charge in [-0.25, -0.2) is 4.39 Å². The van der Waals surface area contributed by atoms with Crippen LogP contribution in [0, 0.1) is 0 Å². The van der Waals surface area contributed by atoms with Crippen molar-refractivity contribution in [3.8, 4) is 5.75 Å². The molecule has 1 aromatic carbocycles. The van der Waals surface area contributed by atoms with E-state index in [9.17, 15) is 4.39 Å². The van der Waals surface area contributed by atoms with Crippen molar-refractivity contribution in [1.29, 1.82) is 0 Å². The average molecular weight is 237 g/mol. The minimum absolute atomic E-state index is 0.0204. The molecule has 0 heterocycles. The molecule has 2 N–H and O–H groups in total. The third-order valence-electron chi connectivity index (χ3n) is 3.70. The van der Waals surface area contributed by atoms with E-state index in [0.717, 1.165) is 24.2 Å².